The van der Waals surface area contributed by atoms with E-state index in [-0.39, 0.29) is 16.1 Å². The van der Waals surface area contributed by atoms with E-state index in [9.17, 15) is 13.6 Å². The van der Waals surface area contributed by atoms with Gasteiger partial charge < -0.3 is 11.1 Å². The summed E-state index contributed by atoms with van der Waals surface area (Å²) in [6, 6.07) is 1.09. The maximum atomic E-state index is 13.4. The number of hydrogen-bond donors (Lipinski definition) is 2. The molecule has 1 rings (SSSR count). The monoisotopic (exact) mass is 306 g/mol. The molecule has 1 atom stereocenters. The zero-order chi connectivity index (χ0) is 13.2. The molecule has 0 fully saturated rings. The first-order chi connectivity index (χ1) is 7.82. The van der Waals surface area contributed by atoms with Gasteiger partial charge in [0.15, 0.2) is 0 Å². The Hall–Kier alpha value is -1.01. The third-order valence-electron chi connectivity index (χ3n) is 2.29. The van der Waals surface area contributed by atoms with Crippen molar-refractivity contribution in [2.24, 2.45) is 11.7 Å². The number of rotatable bonds is 3. The lowest BCUT2D eigenvalue weighted by molar-refractivity contribution is -0.118. The van der Waals surface area contributed by atoms with Crippen LogP contribution in [0, 0.1) is 17.6 Å². The number of carbonyl (C=O) groups excluding carboxylic acids is 1. The highest BCUT2D eigenvalue weighted by Gasteiger charge is 2.19. The molecule has 0 aliphatic rings. The fraction of sp³-hybridized carbons (Fsp3) is 0.364. The van der Waals surface area contributed by atoms with Crippen molar-refractivity contribution in [2.45, 2.75) is 19.9 Å². The van der Waals surface area contributed by atoms with Crippen LogP contribution >= 0.6 is 15.9 Å². The van der Waals surface area contributed by atoms with Crippen molar-refractivity contribution in [3.8, 4) is 0 Å². The Labute approximate surface area is 107 Å². The Kier molecular flexibility index (Phi) is 4.59. The summed E-state index contributed by atoms with van der Waals surface area (Å²) in [6.45, 7) is 3.53. The molecule has 0 aliphatic heterocycles. The van der Waals surface area contributed by atoms with E-state index in [2.05, 4.69) is 21.2 Å². The molecule has 1 amide bonds. The first-order valence-electron chi connectivity index (χ1n) is 5.04. The molecule has 0 radical (unpaired) electrons. The number of amides is 1. The quantitative estimate of drug-likeness (QED) is 0.844. The zero-order valence-corrected chi connectivity index (χ0v) is 11.0. The van der Waals surface area contributed by atoms with Crippen LogP contribution in [0.4, 0.5) is 14.5 Å². The molecule has 0 bridgehead atoms. The molecule has 3 nitrogen and oxygen atoms in total. The summed E-state index contributed by atoms with van der Waals surface area (Å²) in [5.74, 6) is -2.00. The minimum atomic E-state index is -0.763. The summed E-state index contributed by atoms with van der Waals surface area (Å²) >= 11 is 2.85. The van der Waals surface area contributed by atoms with Crippen LogP contribution in [0.25, 0.3) is 0 Å². The van der Waals surface area contributed by atoms with Gasteiger partial charge in [0.05, 0.1) is 16.2 Å². The molecule has 0 aliphatic carbocycles. The number of halogens is 3. The Morgan fingerprint density at radius 3 is 2.47 bits per heavy atom. The fourth-order valence-electron chi connectivity index (χ4n) is 1.14. The van der Waals surface area contributed by atoms with Crippen molar-refractivity contribution in [3.05, 3.63) is 28.2 Å². The highest BCUT2D eigenvalue weighted by atomic mass is 79.9. The number of anilines is 1. The maximum absolute atomic E-state index is 13.4. The van der Waals surface area contributed by atoms with E-state index in [4.69, 9.17) is 5.73 Å². The van der Waals surface area contributed by atoms with Crippen LogP contribution in [0.3, 0.4) is 0 Å². The molecular formula is C11H13BrF2N2O. The first kappa shape index (κ1) is 14.1. The summed E-state index contributed by atoms with van der Waals surface area (Å²) in [4.78, 5) is 11.6. The SMILES string of the molecule is CC(C)C(N)C(=O)Nc1cc(F)c(Br)cc1F. The van der Waals surface area contributed by atoms with Crippen LogP contribution in [-0.4, -0.2) is 11.9 Å². The Balaban J connectivity index is 2.89. The summed E-state index contributed by atoms with van der Waals surface area (Å²) < 4.78 is 26.6. The predicted octanol–water partition coefficient (Wildman–Crippen LogP) is 2.65. The zero-order valence-electron chi connectivity index (χ0n) is 9.43. The van der Waals surface area contributed by atoms with Crippen molar-refractivity contribution >= 4 is 27.5 Å². The van der Waals surface area contributed by atoms with Gasteiger partial charge in [0.1, 0.15) is 11.6 Å². The predicted molar refractivity (Wildman–Crippen MR) is 65.5 cm³/mol. The second kappa shape index (κ2) is 5.55. The molecule has 0 heterocycles. The molecule has 1 unspecified atom stereocenters. The second-order valence-corrected chi connectivity index (χ2v) is 4.86. The minimum Gasteiger partial charge on any atom is -0.322 e. The summed E-state index contributed by atoms with van der Waals surface area (Å²) in [6.07, 6.45) is 0. The van der Waals surface area contributed by atoms with E-state index in [1.54, 1.807) is 13.8 Å². The molecule has 1 aromatic rings. The van der Waals surface area contributed by atoms with Gasteiger partial charge in [0.2, 0.25) is 5.91 Å². The lowest BCUT2D eigenvalue weighted by Crippen LogP contribution is -2.39. The van der Waals surface area contributed by atoms with Crippen molar-refractivity contribution in [1.82, 2.24) is 0 Å². The lowest BCUT2D eigenvalue weighted by Gasteiger charge is -2.15. The molecule has 17 heavy (non-hydrogen) atoms. The largest absolute Gasteiger partial charge is 0.322 e. The summed E-state index contributed by atoms with van der Waals surface area (Å²) in [7, 11) is 0. The van der Waals surface area contributed by atoms with Gasteiger partial charge in [-0.05, 0) is 27.9 Å². The highest BCUT2D eigenvalue weighted by Crippen LogP contribution is 2.23. The molecule has 6 heteroatoms. The molecule has 0 saturated heterocycles. The fourth-order valence-corrected chi connectivity index (χ4v) is 1.45. The standard InChI is InChI=1S/C11H13BrF2N2O/c1-5(2)10(15)11(17)16-9-4-7(13)6(12)3-8(9)14/h3-5,10H,15H2,1-2H3,(H,16,17). The van der Waals surface area contributed by atoms with Gasteiger partial charge >= 0.3 is 0 Å². The number of hydrogen-bond acceptors (Lipinski definition) is 2. The highest BCUT2D eigenvalue weighted by molar-refractivity contribution is 9.10. The number of nitrogens with one attached hydrogen (secondary N) is 1. The third kappa shape index (κ3) is 3.47. The first-order valence-corrected chi connectivity index (χ1v) is 5.83. The smallest absolute Gasteiger partial charge is 0.241 e. The van der Waals surface area contributed by atoms with Crippen LogP contribution in [-0.2, 0) is 4.79 Å². The average Bonchev–Trinajstić information content (AvgIpc) is 2.24. The minimum absolute atomic E-state index is 0.00107. The van der Waals surface area contributed by atoms with Gasteiger partial charge in [0, 0.05) is 6.07 Å². The summed E-state index contributed by atoms with van der Waals surface area (Å²) in [5.41, 5.74) is 5.37. The molecule has 0 spiro atoms. The summed E-state index contributed by atoms with van der Waals surface area (Å²) in [5, 5.41) is 2.26. The van der Waals surface area contributed by atoms with Gasteiger partial charge in [0.25, 0.3) is 0 Å². The van der Waals surface area contributed by atoms with Crippen LogP contribution in [0.2, 0.25) is 0 Å². The Bertz CT molecular complexity index is 438. The van der Waals surface area contributed by atoms with E-state index >= 15 is 0 Å². The number of benzene rings is 1. The van der Waals surface area contributed by atoms with Gasteiger partial charge in [-0.15, -0.1) is 0 Å². The third-order valence-corrected chi connectivity index (χ3v) is 2.90. The second-order valence-electron chi connectivity index (χ2n) is 4.01. The van der Waals surface area contributed by atoms with E-state index in [1.165, 1.54) is 0 Å². The van der Waals surface area contributed by atoms with Gasteiger partial charge in [-0.3, -0.25) is 4.79 Å². The maximum Gasteiger partial charge on any atom is 0.241 e. The van der Waals surface area contributed by atoms with Gasteiger partial charge in [-0.2, -0.15) is 0 Å². The number of carbonyl (C=O) groups is 1. The molecular weight excluding hydrogens is 294 g/mol. The van der Waals surface area contributed by atoms with Gasteiger partial charge in [-0.25, -0.2) is 8.78 Å². The lowest BCUT2D eigenvalue weighted by atomic mass is 10.0. The van der Waals surface area contributed by atoms with Gasteiger partial charge in [-0.1, -0.05) is 13.8 Å². The molecule has 0 saturated carbocycles. The van der Waals surface area contributed by atoms with E-state index in [1.807, 2.05) is 0 Å². The Morgan fingerprint density at radius 2 is 1.94 bits per heavy atom. The molecule has 0 aromatic heterocycles. The van der Waals surface area contributed by atoms with Crippen LogP contribution in [0.1, 0.15) is 13.8 Å². The van der Waals surface area contributed by atoms with Crippen molar-refractivity contribution in [3.63, 3.8) is 0 Å². The normalized spacial score (nSPS) is 12.6. The van der Waals surface area contributed by atoms with E-state index < -0.39 is 23.6 Å². The van der Waals surface area contributed by atoms with Crippen molar-refractivity contribution in [2.75, 3.05) is 5.32 Å². The van der Waals surface area contributed by atoms with Crippen LogP contribution in [0.15, 0.2) is 16.6 Å². The van der Waals surface area contributed by atoms with Crippen LogP contribution < -0.4 is 11.1 Å². The van der Waals surface area contributed by atoms with E-state index in [0.29, 0.717) is 0 Å². The molecule has 94 valence electrons. The molecule has 1 aromatic carbocycles. The average molecular weight is 307 g/mol. The van der Waals surface area contributed by atoms with Crippen LogP contribution in [0.5, 0.6) is 0 Å². The van der Waals surface area contributed by atoms with E-state index in [0.717, 1.165) is 12.1 Å². The number of nitrogens with two attached hydrogens (primary N) is 1. The van der Waals surface area contributed by atoms with Crippen molar-refractivity contribution < 1.29 is 13.6 Å². The Morgan fingerprint density at radius 1 is 1.35 bits per heavy atom. The topological polar surface area (TPSA) is 55.1 Å². The van der Waals surface area contributed by atoms with Crippen molar-refractivity contribution in [1.29, 1.82) is 0 Å². The molecule has 3 N–H and O–H groups in total.